The zero-order chi connectivity index (χ0) is 19.0. The second kappa shape index (κ2) is 11.9. The molecule has 0 bridgehead atoms. The van der Waals surface area contributed by atoms with Crippen molar-refractivity contribution in [3.63, 3.8) is 0 Å². The summed E-state index contributed by atoms with van der Waals surface area (Å²) in [6, 6.07) is 7.90. The minimum absolute atomic E-state index is 0. The normalized spacial score (nSPS) is 15.4. The molecule has 0 spiro atoms. The fourth-order valence-corrected chi connectivity index (χ4v) is 3.53. The summed E-state index contributed by atoms with van der Waals surface area (Å²) in [5, 5.41) is 4.03. The number of sulfonamides is 1. The van der Waals surface area contributed by atoms with Gasteiger partial charge in [-0.3, -0.25) is 4.99 Å². The van der Waals surface area contributed by atoms with E-state index in [0.29, 0.717) is 13.1 Å². The highest BCUT2D eigenvalue weighted by Crippen LogP contribution is 2.20. The molecule has 0 saturated carbocycles. The van der Waals surface area contributed by atoms with Gasteiger partial charge in [0.05, 0.1) is 12.3 Å². The van der Waals surface area contributed by atoms with E-state index in [1.807, 2.05) is 25.1 Å². The molecule has 154 valence electrons. The third-order valence-electron chi connectivity index (χ3n) is 4.16. The first kappa shape index (κ1) is 24.3. The fourth-order valence-electron chi connectivity index (χ4n) is 2.74. The highest BCUT2D eigenvalue weighted by atomic mass is 127. The molecule has 1 saturated heterocycles. The highest BCUT2D eigenvalue weighted by Gasteiger charge is 2.20. The van der Waals surface area contributed by atoms with Gasteiger partial charge in [0.1, 0.15) is 0 Å². The molecule has 1 aromatic carbocycles. The molecule has 1 fully saturated rings. The predicted octanol–water partition coefficient (Wildman–Crippen LogP) is 1.98. The van der Waals surface area contributed by atoms with Gasteiger partial charge < -0.3 is 15.1 Å². The summed E-state index contributed by atoms with van der Waals surface area (Å²) in [7, 11) is -3.17. The van der Waals surface area contributed by atoms with E-state index < -0.39 is 10.0 Å². The number of nitrogens with zero attached hydrogens (tertiary/aromatic N) is 3. The van der Waals surface area contributed by atoms with E-state index in [2.05, 4.69) is 30.9 Å². The maximum atomic E-state index is 11.5. The summed E-state index contributed by atoms with van der Waals surface area (Å²) < 4.78 is 25.5. The van der Waals surface area contributed by atoms with Gasteiger partial charge in [-0.2, -0.15) is 0 Å². The lowest BCUT2D eigenvalue weighted by molar-refractivity contribution is 0.372. The third-order valence-corrected chi connectivity index (χ3v) is 5.80. The molecular weight excluding hydrogens is 501 g/mol. The van der Waals surface area contributed by atoms with Crippen LogP contribution in [0.3, 0.4) is 0 Å². The van der Waals surface area contributed by atoms with Crippen molar-refractivity contribution in [1.82, 2.24) is 14.9 Å². The number of anilines is 1. The van der Waals surface area contributed by atoms with Gasteiger partial charge >= 0.3 is 0 Å². The number of rotatable bonds is 7. The Morgan fingerprint density at radius 3 is 2.52 bits per heavy atom. The van der Waals surface area contributed by atoms with Gasteiger partial charge in [-0.15, -0.1) is 24.0 Å². The number of halogens is 2. The molecule has 1 heterocycles. The van der Waals surface area contributed by atoms with Crippen LogP contribution in [0.1, 0.15) is 13.8 Å². The highest BCUT2D eigenvalue weighted by molar-refractivity contribution is 14.0. The number of guanidine groups is 1. The van der Waals surface area contributed by atoms with Crippen LogP contribution in [-0.2, 0) is 10.0 Å². The molecule has 0 aliphatic carbocycles. The summed E-state index contributed by atoms with van der Waals surface area (Å²) in [4.78, 5) is 9.07. The largest absolute Gasteiger partial charge is 0.368 e. The minimum atomic E-state index is -3.17. The molecule has 0 atom stereocenters. The first-order chi connectivity index (χ1) is 12.4. The molecule has 0 radical (unpaired) electrons. The maximum absolute atomic E-state index is 11.5. The molecule has 1 aliphatic rings. The molecule has 27 heavy (non-hydrogen) atoms. The number of hydrogen-bond acceptors (Lipinski definition) is 4. The van der Waals surface area contributed by atoms with E-state index in [9.17, 15) is 8.42 Å². The lowest BCUT2D eigenvalue weighted by Gasteiger charge is -2.37. The Bertz CT molecular complexity index is 709. The third kappa shape index (κ3) is 8.00. The summed E-state index contributed by atoms with van der Waals surface area (Å²) in [5.41, 5.74) is 1.13. The van der Waals surface area contributed by atoms with Gasteiger partial charge in [0.25, 0.3) is 0 Å². The molecule has 1 aliphatic heterocycles. The Balaban J connectivity index is 0.00000364. The Morgan fingerprint density at radius 2 is 1.93 bits per heavy atom. The van der Waals surface area contributed by atoms with Crippen LogP contribution < -0.4 is 14.9 Å². The molecule has 2 rings (SSSR count). The minimum Gasteiger partial charge on any atom is -0.368 e. The average molecular weight is 530 g/mol. The zero-order valence-corrected chi connectivity index (χ0v) is 19.7. The summed E-state index contributed by atoms with van der Waals surface area (Å²) in [6.07, 6.45) is 0. The number of aliphatic imine (C=N–C) groups is 1. The SMILES string of the molecule is CCNC(=NCCNS(=O)(=O)CC)N1CCN(c2cccc(Cl)c2)CC1.I. The Kier molecular flexibility index (Phi) is 10.7. The summed E-state index contributed by atoms with van der Waals surface area (Å²) >= 11 is 6.08. The van der Waals surface area contributed by atoms with Crippen molar-refractivity contribution < 1.29 is 8.42 Å². The molecular formula is C17H29ClIN5O2S. The lowest BCUT2D eigenvalue weighted by Crippen LogP contribution is -2.52. The Morgan fingerprint density at radius 1 is 1.22 bits per heavy atom. The summed E-state index contributed by atoms with van der Waals surface area (Å²) in [6.45, 7) is 8.60. The van der Waals surface area contributed by atoms with Crippen LogP contribution in [-0.4, -0.2) is 70.8 Å². The quantitative estimate of drug-likeness (QED) is 0.245. The van der Waals surface area contributed by atoms with Crippen molar-refractivity contribution in [1.29, 1.82) is 0 Å². The van der Waals surface area contributed by atoms with E-state index in [4.69, 9.17) is 11.6 Å². The first-order valence-corrected chi connectivity index (χ1v) is 11.0. The molecule has 7 nitrogen and oxygen atoms in total. The fraction of sp³-hybridized carbons (Fsp3) is 0.588. The number of piperazine rings is 1. The van der Waals surface area contributed by atoms with Crippen molar-refractivity contribution in [2.45, 2.75) is 13.8 Å². The van der Waals surface area contributed by atoms with E-state index in [1.165, 1.54) is 0 Å². The van der Waals surface area contributed by atoms with Crippen LogP contribution in [0.2, 0.25) is 5.02 Å². The van der Waals surface area contributed by atoms with Gasteiger partial charge in [0.2, 0.25) is 10.0 Å². The second-order valence-corrected chi connectivity index (χ2v) is 8.52. The van der Waals surface area contributed by atoms with Crippen molar-refractivity contribution in [3.8, 4) is 0 Å². The van der Waals surface area contributed by atoms with Gasteiger partial charge in [-0.1, -0.05) is 17.7 Å². The average Bonchev–Trinajstić information content (AvgIpc) is 2.64. The lowest BCUT2D eigenvalue weighted by atomic mass is 10.2. The Hall–Kier alpha value is -0.780. The van der Waals surface area contributed by atoms with Gasteiger partial charge in [0.15, 0.2) is 5.96 Å². The van der Waals surface area contributed by atoms with Crippen molar-refractivity contribution in [3.05, 3.63) is 29.3 Å². The molecule has 1 aromatic rings. The molecule has 2 N–H and O–H groups in total. The van der Waals surface area contributed by atoms with E-state index in [-0.39, 0.29) is 29.7 Å². The van der Waals surface area contributed by atoms with Crippen molar-refractivity contribution >= 4 is 57.2 Å². The van der Waals surface area contributed by atoms with Gasteiger partial charge in [0, 0.05) is 50.0 Å². The number of benzene rings is 1. The van der Waals surface area contributed by atoms with E-state index in [0.717, 1.165) is 49.4 Å². The second-order valence-electron chi connectivity index (χ2n) is 5.99. The van der Waals surface area contributed by atoms with Crippen LogP contribution in [0, 0.1) is 0 Å². The van der Waals surface area contributed by atoms with Gasteiger partial charge in [-0.05, 0) is 32.0 Å². The topological polar surface area (TPSA) is 77.0 Å². The standard InChI is InChI=1S/C17H28ClN5O2S.HI/c1-3-19-17(20-8-9-21-26(24,25)4-2)23-12-10-22(11-13-23)16-7-5-6-15(18)14-16;/h5-7,14,21H,3-4,8-13H2,1-2H3,(H,19,20);1H. The molecule has 0 amide bonds. The predicted molar refractivity (Wildman–Crippen MR) is 124 cm³/mol. The zero-order valence-electron chi connectivity index (χ0n) is 15.8. The van der Waals surface area contributed by atoms with Crippen LogP contribution in [0.5, 0.6) is 0 Å². The summed E-state index contributed by atoms with van der Waals surface area (Å²) in [5.74, 6) is 0.913. The smallest absolute Gasteiger partial charge is 0.211 e. The number of hydrogen-bond donors (Lipinski definition) is 2. The first-order valence-electron chi connectivity index (χ1n) is 8.96. The van der Waals surface area contributed by atoms with E-state index >= 15 is 0 Å². The maximum Gasteiger partial charge on any atom is 0.211 e. The molecule has 0 unspecified atom stereocenters. The van der Waals surface area contributed by atoms with Crippen LogP contribution in [0.15, 0.2) is 29.3 Å². The van der Waals surface area contributed by atoms with Gasteiger partial charge in [-0.25, -0.2) is 13.1 Å². The number of nitrogens with one attached hydrogen (secondary N) is 2. The van der Waals surface area contributed by atoms with E-state index in [1.54, 1.807) is 6.92 Å². The van der Waals surface area contributed by atoms with Crippen LogP contribution >= 0.6 is 35.6 Å². The van der Waals surface area contributed by atoms with Crippen LogP contribution in [0.4, 0.5) is 5.69 Å². The van der Waals surface area contributed by atoms with Crippen LogP contribution in [0.25, 0.3) is 0 Å². The Labute approximate surface area is 184 Å². The molecule has 10 heteroatoms. The van der Waals surface area contributed by atoms with Crippen molar-refractivity contribution in [2.24, 2.45) is 4.99 Å². The molecule has 0 aromatic heterocycles. The van der Waals surface area contributed by atoms with Crippen molar-refractivity contribution in [2.75, 3.05) is 56.5 Å². The monoisotopic (exact) mass is 529 g/mol.